The molecular formula is C19H17ClN2OS. The summed E-state index contributed by atoms with van der Waals surface area (Å²) in [5.41, 5.74) is 1.86. The number of carbonyl (C=O) groups is 1. The quantitative estimate of drug-likeness (QED) is 0.520. The third-order valence-electron chi connectivity index (χ3n) is 3.66. The van der Waals surface area contributed by atoms with Crippen molar-refractivity contribution in [1.82, 2.24) is 10.3 Å². The molecule has 3 aromatic rings. The normalized spacial score (nSPS) is 10.7. The Bertz CT molecular complexity index is 848. The first kappa shape index (κ1) is 16.8. The molecule has 3 rings (SSSR count). The molecular weight excluding hydrogens is 340 g/mol. The van der Waals surface area contributed by atoms with Crippen molar-refractivity contribution in [3.63, 3.8) is 0 Å². The summed E-state index contributed by atoms with van der Waals surface area (Å²) in [6.45, 7) is 0.619. The van der Waals surface area contributed by atoms with E-state index in [9.17, 15) is 4.79 Å². The van der Waals surface area contributed by atoms with Crippen LogP contribution in [0.15, 0.2) is 60.8 Å². The van der Waals surface area contributed by atoms with Gasteiger partial charge in [-0.2, -0.15) is 11.8 Å². The number of aromatic nitrogens is 1. The van der Waals surface area contributed by atoms with E-state index in [-0.39, 0.29) is 5.91 Å². The van der Waals surface area contributed by atoms with Crippen LogP contribution in [0.25, 0.3) is 10.8 Å². The van der Waals surface area contributed by atoms with E-state index < -0.39 is 0 Å². The van der Waals surface area contributed by atoms with E-state index in [4.69, 9.17) is 11.6 Å². The van der Waals surface area contributed by atoms with Crippen LogP contribution in [-0.2, 0) is 5.75 Å². The molecule has 3 nitrogen and oxygen atoms in total. The fourth-order valence-electron chi connectivity index (χ4n) is 2.48. The van der Waals surface area contributed by atoms with Crippen LogP contribution in [0, 0.1) is 0 Å². The van der Waals surface area contributed by atoms with Crippen LogP contribution in [0.1, 0.15) is 15.9 Å². The zero-order valence-electron chi connectivity index (χ0n) is 13.0. The number of pyridine rings is 1. The topological polar surface area (TPSA) is 42.0 Å². The number of rotatable bonds is 6. The molecule has 1 aromatic heterocycles. The van der Waals surface area contributed by atoms with E-state index in [0.717, 1.165) is 11.5 Å². The third-order valence-corrected chi connectivity index (χ3v) is 4.87. The van der Waals surface area contributed by atoms with Crippen molar-refractivity contribution in [2.45, 2.75) is 5.75 Å². The summed E-state index contributed by atoms with van der Waals surface area (Å²) >= 11 is 7.60. The van der Waals surface area contributed by atoms with E-state index in [1.165, 1.54) is 22.5 Å². The van der Waals surface area contributed by atoms with E-state index in [1.54, 1.807) is 12.1 Å². The van der Waals surface area contributed by atoms with Crippen LogP contribution < -0.4 is 5.32 Å². The van der Waals surface area contributed by atoms with Crippen LogP contribution in [0.5, 0.6) is 0 Å². The molecule has 0 spiro atoms. The van der Waals surface area contributed by atoms with Gasteiger partial charge in [0.15, 0.2) is 0 Å². The molecule has 0 fully saturated rings. The van der Waals surface area contributed by atoms with E-state index in [2.05, 4.69) is 52.8 Å². The van der Waals surface area contributed by atoms with Gasteiger partial charge in [-0.1, -0.05) is 54.1 Å². The van der Waals surface area contributed by atoms with Crippen LogP contribution in [-0.4, -0.2) is 23.2 Å². The van der Waals surface area contributed by atoms with Crippen molar-refractivity contribution in [3.05, 3.63) is 77.1 Å². The number of carbonyl (C=O) groups excluding carboxylic acids is 1. The van der Waals surface area contributed by atoms with Crippen LogP contribution >= 0.6 is 23.4 Å². The average molecular weight is 357 g/mol. The molecule has 2 aromatic carbocycles. The molecule has 0 bridgehead atoms. The molecule has 1 amide bonds. The highest BCUT2D eigenvalue weighted by atomic mass is 35.5. The van der Waals surface area contributed by atoms with Gasteiger partial charge in [0.1, 0.15) is 5.15 Å². The minimum atomic E-state index is -0.120. The lowest BCUT2D eigenvalue weighted by Gasteiger charge is -2.08. The summed E-state index contributed by atoms with van der Waals surface area (Å²) in [6.07, 6.45) is 1.53. The molecule has 0 saturated heterocycles. The predicted molar refractivity (Wildman–Crippen MR) is 102 cm³/mol. The summed E-state index contributed by atoms with van der Waals surface area (Å²) in [4.78, 5) is 15.9. The Balaban J connectivity index is 1.48. The number of hydrogen-bond acceptors (Lipinski definition) is 3. The number of fused-ring (bicyclic) bond motifs is 1. The van der Waals surface area contributed by atoms with Gasteiger partial charge < -0.3 is 5.32 Å². The molecule has 24 heavy (non-hydrogen) atoms. The van der Waals surface area contributed by atoms with E-state index >= 15 is 0 Å². The monoisotopic (exact) mass is 356 g/mol. The second kappa shape index (κ2) is 8.18. The summed E-state index contributed by atoms with van der Waals surface area (Å²) in [7, 11) is 0. The molecule has 0 saturated carbocycles. The Morgan fingerprint density at radius 3 is 2.83 bits per heavy atom. The van der Waals surface area contributed by atoms with Crippen LogP contribution in [0.2, 0.25) is 5.15 Å². The zero-order chi connectivity index (χ0) is 16.8. The molecule has 0 aliphatic heterocycles. The molecule has 5 heteroatoms. The van der Waals surface area contributed by atoms with Gasteiger partial charge in [-0.05, 0) is 28.5 Å². The zero-order valence-corrected chi connectivity index (χ0v) is 14.6. The highest BCUT2D eigenvalue weighted by Gasteiger charge is 2.06. The Kier molecular flexibility index (Phi) is 5.72. The molecule has 0 aliphatic carbocycles. The fraction of sp³-hybridized carbons (Fsp3) is 0.158. The first-order valence-electron chi connectivity index (χ1n) is 7.68. The second-order valence-corrected chi connectivity index (χ2v) is 6.81. The molecule has 0 atom stereocenters. The SMILES string of the molecule is O=C(NCCSCc1cccc2ccccc12)c1ccnc(Cl)c1. The lowest BCUT2D eigenvalue weighted by atomic mass is 10.1. The Morgan fingerprint density at radius 2 is 1.96 bits per heavy atom. The summed E-state index contributed by atoms with van der Waals surface area (Å²) in [5, 5.41) is 5.79. The van der Waals surface area contributed by atoms with Crippen molar-refractivity contribution in [3.8, 4) is 0 Å². The summed E-state index contributed by atoms with van der Waals surface area (Å²) in [6, 6.07) is 18.0. The fourth-order valence-corrected chi connectivity index (χ4v) is 3.52. The summed E-state index contributed by atoms with van der Waals surface area (Å²) < 4.78 is 0. The first-order chi connectivity index (χ1) is 11.7. The van der Waals surface area contributed by atoms with Crippen LogP contribution in [0.4, 0.5) is 0 Å². The highest BCUT2D eigenvalue weighted by molar-refractivity contribution is 7.98. The van der Waals surface area contributed by atoms with Gasteiger partial charge in [-0.15, -0.1) is 0 Å². The van der Waals surface area contributed by atoms with Crippen molar-refractivity contribution in [2.24, 2.45) is 0 Å². The first-order valence-corrected chi connectivity index (χ1v) is 9.21. The van der Waals surface area contributed by atoms with Crippen molar-refractivity contribution < 1.29 is 4.79 Å². The number of halogens is 1. The minimum Gasteiger partial charge on any atom is -0.351 e. The number of hydrogen-bond donors (Lipinski definition) is 1. The highest BCUT2D eigenvalue weighted by Crippen LogP contribution is 2.22. The number of nitrogens with zero attached hydrogens (tertiary/aromatic N) is 1. The lowest BCUT2D eigenvalue weighted by Crippen LogP contribution is -2.25. The smallest absolute Gasteiger partial charge is 0.251 e. The predicted octanol–water partition coefficient (Wildman–Crippen LogP) is 4.55. The molecule has 0 aliphatic rings. The maximum absolute atomic E-state index is 12.0. The largest absolute Gasteiger partial charge is 0.351 e. The number of thioether (sulfide) groups is 1. The standard InChI is InChI=1S/C19H17ClN2OS/c20-18-12-15(8-9-21-18)19(23)22-10-11-24-13-16-6-3-5-14-4-1-2-7-17(14)16/h1-9,12H,10-11,13H2,(H,22,23). The van der Waals surface area contributed by atoms with Crippen molar-refractivity contribution in [1.29, 1.82) is 0 Å². The number of benzene rings is 2. The number of nitrogens with one attached hydrogen (secondary N) is 1. The summed E-state index contributed by atoms with van der Waals surface area (Å²) in [5.74, 6) is 1.66. The van der Waals surface area contributed by atoms with Gasteiger partial charge in [0.05, 0.1) is 0 Å². The maximum Gasteiger partial charge on any atom is 0.251 e. The van der Waals surface area contributed by atoms with Gasteiger partial charge in [0.25, 0.3) is 5.91 Å². The lowest BCUT2D eigenvalue weighted by molar-refractivity contribution is 0.0956. The second-order valence-electron chi connectivity index (χ2n) is 5.31. The van der Waals surface area contributed by atoms with Crippen molar-refractivity contribution >= 4 is 40.0 Å². The van der Waals surface area contributed by atoms with E-state index in [1.807, 2.05) is 11.8 Å². The number of amides is 1. The van der Waals surface area contributed by atoms with Crippen molar-refractivity contribution in [2.75, 3.05) is 12.3 Å². The van der Waals surface area contributed by atoms with Gasteiger partial charge in [0, 0.05) is 29.8 Å². The molecule has 122 valence electrons. The minimum absolute atomic E-state index is 0.120. The average Bonchev–Trinajstić information content (AvgIpc) is 2.61. The molecule has 0 radical (unpaired) electrons. The molecule has 0 unspecified atom stereocenters. The van der Waals surface area contributed by atoms with Gasteiger partial charge in [-0.3, -0.25) is 4.79 Å². The Labute approximate surface area is 150 Å². The van der Waals surface area contributed by atoms with Gasteiger partial charge >= 0.3 is 0 Å². The van der Waals surface area contributed by atoms with Gasteiger partial charge in [-0.25, -0.2) is 4.98 Å². The third kappa shape index (κ3) is 4.28. The molecule has 1 N–H and O–H groups in total. The maximum atomic E-state index is 12.0. The Morgan fingerprint density at radius 1 is 1.12 bits per heavy atom. The van der Waals surface area contributed by atoms with Crippen LogP contribution in [0.3, 0.4) is 0 Å². The Hall–Kier alpha value is -2.04. The van der Waals surface area contributed by atoms with Gasteiger partial charge in [0.2, 0.25) is 0 Å². The van der Waals surface area contributed by atoms with E-state index in [0.29, 0.717) is 17.3 Å². The molecule has 1 heterocycles.